The van der Waals surface area contributed by atoms with Gasteiger partial charge < -0.3 is 14.8 Å². The van der Waals surface area contributed by atoms with E-state index in [0.29, 0.717) is 0 Å². The zero-order valence-corrected chi connectivity index (χ0v) is 12.5. The Bertz CT molecular complexity index is 765. The number of aromatic nitrogens is 2. The monoisotopic (exact) mass is 298 g/mol. The third-order valence-corrected chi connectivity index (χ3v) is 3.24. The summed E-state index contributed by atoms with van der Waals surface area (Å²) in [5.74, 6) is 1.90. The molecule has 5 heteroatoms. The molecule has 2 N–H and O–H groups in total. The van der Waals surface area contributed by atoms with Crippen molar-refractivity contribution in [3.63, 3.8) is 0 Å². The van der Waals surface area contributed by atoms with E-state index >= 15 is 0 Å². The lowest BCUT2D eigenvalue weighted by Gasteiger charge is -2.05. The molecule has 0 radical (unpaired) electrons. The average Bonchev–Trinajstić information content (AvgIpc) is 2.92. The summed E-state index contributed by atoms with van der Waals surface area (Å²) in [5, 5.41) is 9.31. The van der Waals surface area contributed by atoms with Crippen molar-refractivity contribution in [1.82, 2.24) is 9.97 Å². The van der Waals surface area contributed by atoms with Crippen LogP contribution < -0.4 is 4.74 Å². The second-order valence-electron chi connectivity index (χ2n) is 4.84. The lowest BCUT2D eigenvalue weighted by Crippen LogP contribution is -1.91. The number of carbonyl (C=O) groups is 1. The van der Waals surface area contributed by atoms with Crippen LogP contribution in [0.15, 0.2) is 42.6 Å². The topological polar surface area (TPSA) is 75.2 Å². The summed E-state index contributed by atoms with van der Waals surface area (Å²) in [6, 6.07) is 12.6. The lowest BCUT2D eigenvalue weighted by molar-refractivity contribution is -0.122. The minimum Gasteiger partial charge on any atom is -0.497 e. The first-order chi connectivity index (χ1) is 10.7. The summed E-state index contributed by atoms with van der Waals surface area (Å²) >= 11 is 0. The molecule has 0 unspecified atom stereocenters. The van der Waals surface area contributed by atoms with Gasteiger partial charge in [0.15, 0.2) is 0 Å². The van der Waals surface area contributed by atoms with Gasteiger partial charge in [-0.15, -0.1) is 0 Å². The molecular weight excluding hydrogens is 280 g/mol. The maximum absolute atomic E-state index is 8.36. The summed E-state index contributed by atoms with van der Waals surface area (Å²) in [4.78, 5) is 16.0. The fourth-order valence-electron chi connectivity index (χ4n) is 2.26. The number of ether oxygens (including phenoxy) is 1. The standard InChI is InChI=1S/C16H16N2O.CH2O2/c1-11-10-17-16(18-11)8-12-3-4-14-9-15(19-2)6-5-13(14)7-12;2-1-3/h3-7,9-10H,8H2,1-2H3,(H,17,18);1H,(H,2,3). The number of imidazole rings is 1. The van der Waals surface area contributed by atoms with Gasteiger partial charge in [0.1, 0.15) is 11.6 Å². The van der Waals surface area contributed by atoms with Crippen LogP contribution in [0.1, 0.15) is 17.1 Å². The van der Waals surface area contributed by atoms with Crippen LogP contribution in [0.5, 0.6) is 5.75 Å². The second kappa shape index (κ2) is 7.26. The van der Waals surface area contributed by atoms with Gasteiger partial charge in [0.25, 0.3) is 6.47 Å². The number of nitrogens with zero attached hydrogens (tertiary/aromatic N) is 1. The van der Waals surface area contributed by atoms with E-state index in [9.17, 15) is 0 Å². The molecule has 3 aromatic rings. The van der Waals surface area contributed by atoms with Crippen molar-refractivity contribution in [3.05, 3.63) is 59.7 Å². The Hall–Kier alpha value is -2.82. The first-order valence-corrected chi connectivity index (χ1v) is 6.81. The molecule has 3 rings (SSSR count). The molecule has 0 aliphatic rings. The van der Waals surface area contributed by atoms with Crippen molar-refractivity contribution in [1.29, 1.82) is 0 Å². The predicted octanol–water partition coefficient (Wildman–Crippen LogP) is 3.17. The number of carboxylic acid groups (broad SMARTS) is 1. The molecule has 0 fully saturated rings. The lowest BCUT2D eigenvalue weighted by atomic mass is 10.0. The molecule has 0 atom stereocenters. The molecule has 1 aromatic heterocycles. The number of aromatic amines is 1. The maximum atomic E-state index is 8.36. The van der Waals surface area contributed by atoms with Crippen molar-refractivity contribution in [2.75, 3.05) is 7.11 Å². The van der Waals surface area contributed by atoms with Crippen LogP contribution in [-0.4, -0.2) is 28.7 Å². The molecule has 0 saturated heterocycles. The van der Waals surface area contributed by atoms with Gasteiger partial charge in [0.2, 0.25) is 0 Å². The first-order valence-electron chi connectivity index (χ1n) is 6.81. The SMILES string of the molecule is COc1ccc2cc(Cc3ncc(C)[nH]3)ccc2c1.O=CO. The predicted molar refractivity (Wildman–Crippen MR) is 85.3 cm³/mol. The summed E-state index contributed by atoms with van der Waals surface area (Å²) in [6.45, 7) is 1.77. The van der Waals surface area contributed by atoms with E-state index in [-0.39, 0.29) is 6.47 Å². The maximum Gasteiger partial charge on any atom is 0.290 e. The van der Waals surface area contributed by atoms with E-state index in [2.05, 4.69) is 40.3 Å². The minimum atomic E-state index is -0.250. The fourth-order valence-corrected chi connectivity index (χ4v) is 2.26. The number of fused-ring (bicyclic) bond motifs is 1. The fraction of sp³-hybridized carbons (Fsp3) is 0.176. The van der Waals surface area contributed by atoms with E-state index in [1.807, 2.05) is 19.2 Å². The normalized spacial score (nSPS) is 9.91. The average molecular weight is 298 g/mol. The van der Waals surface area contributed by atoms with E-state index in [1.54, 1.807) is 7.11 Å². The van der Waals surface area contributed by atoms with E-state index in [0.717, 1.165) is 23.7 Å². The van der Waals surface area contributed by atoms with Crippen molar-refractivity contribution in [3.8, 4) is 5.75 Å². The molecule has 5 nitrogen and oxygen atoms in total. The molecule has 0 aliphatic carbocycles. The highest BCUT2D eigenvalue weighted by Gasteiger charge is 2.02. The Kier molecular flexibility index (Phi) is 5.14. The number of benzene rings is 2. The van der Waals surface area contributed by atoms with Gasteiger partial charge in [-0.1, -0.05) is 24.3 Å². The molecule has 0 aliphatic heterocycles. The summed E-state index contributed by atoms with van der Waals surface area (Å²) in [6.07, 6.45) is 2.69. The second-order valence-corrected chi connectivity index (χ2v) is 4.84. The number of methoxy groups -OCH3 is 1. The Labute approximate surface area is 128 Å². The van der Waals surface area contributed by atoms with Gasteiger partial charge in [-0.2, -0.15) is 0 Å². The number of hydrogen-bond donors (Lipinski definition) is 2. The van der Waals surface area contributed by atoms with Crippen LogP contribution in [0.2, 0.25) is 0 Å². The van der Waals surface area contributed by atoms with Crippen LogP contribution in [0.25, 0.3) is 10.8 Å². The van der Waals surface area contributed by atoms with Crippen LogP contribution >= 0.6 is 0 Å². The summed E-state index contributed by atoms with van der Waals surface area (Å²) in [5.41, 5.74) is 2.35. The number of nitrogens with one attached hydrogen (secondary N) is 1. The highest BCUT2D eigenvalue weighted by molar-refractivity contribution is 5.84. The Morgan fingerprint density at radius 1 is 1.23 bits per heavy atom. The highest BCUT2D eigenvalue weighted by atomic mass is 16.5. The van der Waals surface area contributed by atoms with Gasteiger partial charge in [-0.3, -0.25) is 4.79 Å². The Balaban J connectivity index is 0.000000545. The van der Waals surface area contributed by atoms with Gasteiger partial charge in [0, 0.05) is 18.3 Å². The van der Waals surface area contributed by atoms with E-state index in [1.165, 1.54) is 16.3 Å². The molecule has 114 valence electrons. The molecule has 0 amide bonds. The largest absolute Gasteiger partial charge is 0.497 e. The number of H-pyrrole nitrogens is 1. The summed E-state index contributed by atoms with van der Waals surface area (Å²) in [7, 11) is 1.69. The van der Waals surface area contributed by atoms with Gasteiger partial charge >= 0.3 is 0 Å². The minimum absolute atomic E-state index is 0.250. The zero-order chi connectivity index (χ0) is 15.9. The molecular formula is C17H18N2O3. The molecule has 1 heterocycles. The third-order valence-electron chi connectivity index (χ3n) is 3.24. The molecule has 22 heavy (non-hydrogen) atoms. The van der Waals surface area contributed by atoms with Crippen LogP contribution in [-0.2, 0) is 11.2 Å². The summed E-state index contributed by atoms with van der Waals surface area (Å²) < 4.78 is 5.24. The van der Waals surface area contributed by atoms with E-state index < -0.39 is 0 Å². The smallest absolute Gasteiger partial charge is 0.290 e. The van der Waals surface area contributed by atoms with Gasteiger partial charge in [-0.05, 0) is 35.4 Å². The van der Waals surface area contributed by atoms with Crippen LogP contribution in [0.3, 0.4) is 0 Å². The Morgan fingerprint density at radius 2 is 1.91 bits per heavy atom. The molecule has 0 spiro atoms. The van der Waals surface area contributed by atoms with Crippen molar-refractivity contribution < 1.29 is 14.6 Å². The highest BCUT2D eigenvalue weighted by Crippen LogP contribution is 2.22. The number of rotatable bonds is 3. The number of aryl methyl sites for hydroxylation is 1. The molecule has 2 aromatic carbocycles. The third kappa shape index (κ3) is 3.85. The quantitative estimate of drug-likeness (QED) is 0.728. The first kappa shape index (κ1) is 15.6. The van der Waals surface area contributed by atoms with Crippen molar-refractivity contribution in [2.45, 2.75) is 13.3 Å². The van der Waals surface area contributed by atoms with Crippen LogP contribution in [0.4, 0.5) is 0 Å². The van der Waals surface area contributed by atoms with Gasteiger partial charge in [0.05, 0.1) is 7.11 Å². The van der Waals surface area contributed by atoms with E-state index in [4.69, 9.17) is 14.6 Å². The molecule has 0 saturated carbocycles. The van der Waals surface area contributed by atoms with Crippen molar-refractivity contribution >= 4 is 17.2 Å². The number of hydrogen-bond acceptors (Lipinski definition) is 3. The van der Waals surface area contributed by atoms with Crippen molar-refractivity contribution in [2.24, 2.45) is 0 Å². The molecule has 0 bridgehead atoms. The zero-order valence-electron chi connectivity index (χ0n) is 12.5. The Morgan fingerprint density at radius 3 is 2.55 bits per heavy atom. The van der Waals surface area contributed by atoms with Crippen LogP contribution in [0, 0.1) is 6.92 Å². The van der Waals surface area contributed by atoms with Gasteiger partial charge in [-0.25, -0.2) is 4.98 Å².